The van der Waals surface area contributed by atoms with Gasteiger partial charge in [0.2, 0.25) is 0 Å². The van der Waals surface area contributed by atoms with E-state index in [-0.39, 0.29) is 12.1 Å². The molecule has 0 amide bonds. The Hall–Kier alpha value is -1.48. The molecular weight excluding hydrogens is 422 g/mol. The zero-order valence-corrected chi connectivity index (χ0v) is 22.3. The van der Waals surface area contributed by atoms with Crippen molar-refractivity contribution in [1.29, 1.82) is 0 Å². The van der Waals surface area contributed by atoms with Crippen LogP contribution in [0.1, 0.15) is 105 Å². The van der Waals surface area contributed by atoms with Gasteiger partial charge in [0, 0.05) is 24.8 Å². The van der Waals surface area contributed by atoms with Gasteiger partial charge in [-0.2, -0.15) is 0 Å². The van der Waals surface area contributed by atoms with E-state index in [9.17, 15) is 4.79 Å². The molecule has 3 saturated carbocycles. The molecule has 0 N–H and O–H groups in total. The highest BCUT2D eigenvalue weighted by Gasteiger charge is 2.59. The Morgan fingerprint density at radius 1 is 1.18 bits per heavy atom. The maximum Gasteiger partial charge on any atom is 0.302 e. The van der Waals surface area contributed by atoms with E-state index in [1.165, 1.54) is 57.8 Å². The number of carbonyl (C=O) groups excluding carboxylic acids is 1. The third kappa shape index (κ3) is 4.79. The van der Waals surface area contributed by atoms with E-state index in [2.05, 4.69) is 43.8 Å². The Morgan fingerprint density at radius 3 is 2.71 bits per heavy atom. The van der Waals surface area contributed by atoms with Crippen molar-refractivity contribution in [3.8, 4) is 0 Å². The number of nitrogens with zero attached hydrogens (tertiary/aromatic N) is 3. The number of azide groups is 1. The van der Waals surface area contributed by atoms with Gasteiger partial charge in [0.15, 0.2) is 0 Å². The van der Waals surface area contributed by atoms with Crippen molar-refractivity contribution < 1.29 is 9.53 Å². The summed E-state index contributed by atoms with van der Waals surface area (Å²) in [5.74, 6) is 4.49. The van der Waals surface area contributed by atoms with Gasteiger partial charge in [0.25, 0.3) is 0 Å². The van der Waals surface area contributed by atoms with Crippen molar-refractivity contribution in [1.82, 2.24) is 0 Å². The van der Waals surface area contributed by atoms with Gasteiger partial charge in [-0.15, -0.1) is 0 Å². The lowest BCUT2D eigenvalue weighted by molar-refractivity contribution is -0.148. The Balaban J connectivity index is 1.40. The molecule has 0 spiro atoms. The van der Waals surface area contributed by atoms with Crippen LogP contribution in [0.25, 0.3) is 10.4 Å². The maximum absolute atomic E-state index is 11.5. The molecule has 0 heterocycles. The van der Waals surface area contributed by atoms with Crippen molar-refractivity contribution in [2.75, 3.05) is 6.54 Å². The van der Waals surface area contributed by atoms with Crippen LogP contribution in [0.15, 0.2) is 16.8 Å². The van der Waals surface area contributed by atoms with E-state index in [1.54, 1.807) is 12.5 Å². The van der Waals surface area contributed by atoms with Crippen LogP contribution >= 0.6 is 0 Å². The quantitative estimate of drug-likeness (QED) is 0.118. The summed E-state index contributed by atoms with van der Waals surface area (Å²) >= 11 is 0. The standard InChI is InChI=1S/C29H47N3O2/c1-19(18-31-32-30)7-6-8-20(2)25-11-12-26-24-10-9-22-17-23(34-21(3)33)13-15-28(22,4)27(24)14-16-29(25,26)5/h9,19-20,23-27H,6-8,10-18H2,1-5H3/t19?,20-,23-,24+,25-,26+,27+,28+,29-/m1/s1. The van der Waals surface area contributed by atoms with E-state index in [1.807, 2.05) is 0 Å². The minimum Gasteiger partial charge on any atom is -0.462 e. The van der Waals surface area contributed by atoms with E-state index in [0.29, 0.717) is 23.3 Å². The molecule has 4 aliphatic carbocycles. The first-order valence-corrected chi connectivity index (χ1v) is 14.1. The molecule has 5 heteroatoms. The molecule has 0 aromatic heterocycles. The highest BCUT2D eigenvalue weighted by molar-refractivity contribution is 5.66. The third-order valence-corrected chi connectivity index (χ3v) is 11.0. The predicted octanol–water partition coefficient (Wildman–Crippen LogP) is 8.25. The zero-order chi connectivity index (χ0) is 24.5. The summed E-state index contributed by atoms with van der Waals surface area (Å²) in [7, 11) is 0. The molecule has 5 nitrogen and oxygen atoms in total. The lowest BCUT2D eigenvalue weighted by Gasteiger charge is -2.58. The molecule has 4 rings (SSSR count). The molecule has 0 aromatic rings. The highest BCUT2D eigenvalue weighted by Crippen LogP contribution is 2.67. The Labute approximate surface area is 207 Å². The zero-order valence-electron chi connectivity index (χ0n) is 22.3. The van der Waals surface area contributed by atoms with Gasteiger partial charge in [-0.05, 0) is 96.8 Å². The second-order valence-corrected chi connectivity index (χ2v) is 12.9. The molecular formula is C29H47N3O2. The van der Waals surface area contributed by atoms with E-state index in [4.69, 9.17) is 10.3 Å². The van der Waals surface area contributed by atoms with Gasteiger partial charge >= 0.3 is 5.97 Å². The van der Waals surface area contributed by atoms with Crippen molar-refractivity contribution in [3.63, 3.8) is 0 Å². The number of hydrogen-bond acceptors (Lipinski definition) is 3. The van der Waals surface area contributed by atoms with Crippen molar-refractivity contribution in [2.24, 2.45) is 51.5 Å². The molecule has 3 fully saturated rings. The SMILES string of the molecule is CC(=O)O[C@@H]1CC[C@@]2(C)C(=CC[C@H]3[C@@H]4CC[C@H]([C@H](C)CCCC(C)CN=[N+]=[N-])[C@@]4(C)CC[C@@H]32)C1. The topological polar surface area (TPSA) is 75.1 Å². The summed E-state index contributed by atoms with van der Waals surface area (Å²) in [6.07, 6.45) is 16.4. The van der Waals surface area contributed by atoms with Crippen LogP contribution in [0.4, 0.5) is 0 Å². The van der Waals surface area contributed by atoms with Gasteiger partial charge in [-0.1, -0.05) is 63.7 Å². The van der Waals surface area contributed by atoms with Crippen LogP contribution in [0, 0.1) is 46.3 Å². The summed E-state index contributed by atoms with van der Waals surface area (Å²) in [6, 6.07) is 0. The highest BCUT2D eigenvalue weighted by atomic mass is 16.5. The smallest absolute Gasteiger partial charge is 0.302 e. The van der Waals surface area contributed by atoms with Gasteiger partial charge in [-0.25, -0.2) is 0 Å². The largest absolute Gasteiger partial charge is 0.462 e. The van der Waals surface area contributed by atoms with Crippen molar-refractivity contribution in [3.05, 3.63) is 22.1 Å². The summed E-state index contributed by atoms with van der Waals surface area (Å²) < 4.78 is 5.61. The van der Waals surface area contributed by atoms with Gasteiger partial charge in [-0.3, -0.25) is 4.79 Å². The second-order valence-electron chi connectivity index (χ2n) is 12.9. The summed E-state index contributed by atoms with van der Waals surface area (Å²) in [4.78, 5) is 14.4. The van der Waals surface area contributed by atoms with Gasteiger partial charge < -0.3 is 4.74 Å². The van der Waals surface area contributed by atoms with Crippen LogP contribution in [-0.4, -0.2) is 18.6 Å². The fourth-order valence-corrected chi connectivity index (χ4v) is 9.19. The van der Waals surface area contributed by atoms with Crippen LogP contribution in [-0.2, 0) is 9.53 Å². The fourth-order valence-electron chi connectivity index (χ4n) is 9.19. The second kappa shape index (κ2) is 10.2. The molecule has 0 aromatic carbocycles. The molecule has 0 aliphatic heterocycles. The molecule has 0 saturated heterocycles. The summed E-state index contributed by atoms with van der Waals surface area (Å²) in [5, 5.41) is 3.76. The first-order chi connectivity index (χ1) is 16.2. The van der Waals surface area contributed by atoms with Crippen LogP contribution in [0.3, 0.4) is 0 Å². The number of allylic oxidation sites excluding steroid dienone is 1. The maximum atomic E-state index is 11.5. The normalized spacial score (nSPS) is 40.6. The average Bonchev–Trinajstić information content (AvgIpc) is 3.15. The van der Waals surface area contributed by atoms with Gasteiger partial charge in [0.05, 0.1) is 0 Å². The monoisotopic (exact) mass is 469 g/mol. The van der Waals surface area contributed by atoms with Gasteiger partial charge in [0.1, 0.15) is 6.10 Å². The number of fused-ring (bicyclic) bond motifs is 5. The molecule has 9 atom stereocenters. The Kier molecular flexibility index (Phi) is 7.72. The first-order valence-electron chi connectivity index (χ1n) is 14.1. The molecule has 190 valence electrons. The molecule has 4 aliphatic rings. The number of hydrogen-bond donors (Lipinski definition) is 0. The van der Waals surface area contributed by atoms with Crippen LogP contribution in [0.5, 0.6) is 0 Å². The van der Waals surface area contributed by atoms with E-state index < -0.39 is 0 Å². The average molecular weight is 470 g/mol. The number of ether oxygens (including phenoxy) is 1. The Morgan fingerprint density at radius 2 is 1.97 bits per heavy atom. The molecule has 34 heavy (non-hydrogen) atoms. The Bertz CT molecular complexity index is 833. The van der Waals surface area contributed by atoms with E-state index >= 15 is 0 Å². The van der Waals surface area contributed by atoms with Crippen LogP contribution < -0.4 is 0 Å². The summed E-state index contributed by atoms with van der Waals surface area (Å²) in [6.45, 7) is 12.1. The van der Waals surface area contributed by atoms with Crippen molar-refractivity contribution in [2.45, 2.75) is 111 Å². The summed E-state index contributed by atoms with van der Waals surface area (Å²) in [5.41, 5.74) is 10.9. The fraction of sp³-hybridized carbons (Fsp3) is 0.897. The number of carbonyl (C=O) groups is 1. The first kappa shape index (κ1) is 25.6. The minimum absolute atomic E-state index is 0.0911. The third-order valence-electron chi connectivity index (χ3n) is 11.0. The lowest BCUT2D eigenvalue weighted by Crippen LogP contribution is -2.51. The minimum atomic E-state index is -0.132. The molecule has 0 radical (unpaired) electrons. The molecule has 1 unspecified atom stereocenters. The number of esters is 1. The van der Waals surface area contributed by atoms with E-state index in [0.717, 1.165) is 42.4 Å². The lowest BCUT2D eigenvalue weighted by atomic mass is 9.47. The van der Waals surface area contributed by atoms with Crippen LogP contribution in [0.2, 0.25) is 0 Å². The van der Waals surface area contributed by atoms with Crippen molar-refractivity contribution >= 4 is 5.97 Å². The number of rotatable bonds is 8. The predicted molar refractivity (Wildman–Crippen MR) is 137 cm³/mol. The molecule has 0 bridgehead atoms.